The van der Waals surface area contributed by atoms with E-state index in [0.29, 0.717) is 12.1 Å². The molecular weight excluding hydrogens is 212 g/mol. The first kappa shape index (κ1) is 12.5. The number of rotatable bonds is 5. The summed E-state index contributed by atoms with van der Waals surface area (Å²) < 4.78 is 5.94. The standard InChI is InChI=1S/C14H22N2O/c1-2-16-13-3-5-14(6-4-13)17-11-12-7-9-15-10-8-12/h7-10,13-14,16H,2-6,11H2,1H3. The fraction of sp³-hybridized carbons (Fsp3) is 0.643. The normalized spacial score (nSPS) is 24.8. The smallest absolute Gasteiger partial charge is 0.0721 e. The monoisotopic (exact) mass is 234 g/mol. The minimum atomic E-state index is 0.443. The fourth-order valence-corrected chi connectivity index (χ4v) is 2.42. The van der Waals surface area contributed by atoms with Crippen LogP contribution in [0.5, 0.6) is 0 Å². The average Bonchev–Trinajstić information content (AvgIpc) is 2.40. The molecule has 0 bridgehead atoms. The quantitative estimate of drug-likeness (QED) is 0.850. The number of nitrogens with one attached hydrogen (secondary N) is 1. The van der Waals surface area contributed by atoms with Gasteiger partial charge in [-0.2, -0.15) is 0 Å². The van der Waals surface area contributed by atoms with Gasteiger partial charge in [0.25, 0.3) is 0 Å². The minimum absolute atomic E-state index is 0.443. The number of hydrogen-bond acceptors (Lipinski definition) is 3. The van der Waals surface area contributed by atoms with E-state index in [1.165, 1.54) is 31.2 Å². The highest BCUT2D eigenvalue weighted by Gasteiger charge is 2.20. The Morgan fingerprint density at radius 1 is 1.24 bits per heavy atom. The third kappa shape index (κ3) is 4.10. The van der Waals surface area contributed by atoms with Crippen LogP contribution in [0.25, 0.3) is 0 Å². The van der Waals surface area contributed by atoms with Gasteiger partial charge in [-0.15, -0.1) is 0 Å². The van der Waals surface area contributed by atoms with E-state index >= 15 is 0 Å². The molecule has 1 fully saturated rings. The van der Waals surface area contributed by atoms with Gasteiger partial charge in [0.2, 0.25) is 0 Å². The van der Waals surface area contributed by atoms with E-state index in [1.807, 2.05) is 24.5 Å². The molecule has 0 atom stereocenters. The molecule has 94 valence electrons. The summed E-state index contributed by atoms with van der Waals surface area (Å²) in [4.78, 5) is 4.01. The van der Waals surface area contributed by atoms with Crippen molar-refractivity contribution in [2.75, 3.05) is 6.54 Å². The van der Waals surface area contributed by atoms with Crippen molar-refractivity contribution in [2.24, 2.45) is 0 Å². The molecule has 0 aromatic carbocycles. The third-order valence-corrected chi connectivity index (χ3v) is 3.40. The van der Waals surface area contributed by atoms with E-state index in [1.54, 1.807) is 0 Å². The van der Waals surface area contributed by atoms with Crippen LogP contribution in [-0.4, -0.2) is 23.7 Å². The number of ether oxygens (including phenoxy) is 1. The van der Waals surface area contributed by atoms with Crippen LogP contribution in [0.2, 0.25) is 0 Å². The molecule has 0 unspecified atom stereocenters. The van der Waals surface area contributed by atoms with Crippen LogP contribution < -0.4 is 5.32 Å². The first-order valence-electron chi connectivity index (χ1n) is 6.62. The Morgan fingerprint density at radius 3 is 2.59 bits per heavy atom. The lowest BCUT2D eigenvalue weighted by Crippen LogP contribution is -2.35. The Hall–Kier alpha value is -0.930. The van der Waals surface area contributed by atoms with Gasteiger partial charge in [-0.25, -0.2) is 0 Å². The molecule has 17 heavy (non-hydrogen) atoms. The summed E-state index contributed by atoms with van der Waals surface area (Å²) in [6.45, 7) is 3.97. The van der Waals surface area contributed by atoms with E-state index in [2.05, 4.69) is 17.2 Å². The highest BCUT2D eigenvalue weighted by molar-refractivity contribution is 5.07. The van der Waals surface area contributed by atoms with Crippen LogP contribution in [0, 0.1) is 0 Å². The highest BCUT2D eigenvalue weighted by atomic mass is 16.5. The van der Waals surface area contributed by atoms with Crippen molar-refractivity contribution in [1.82, 2.24) is 10.3 Å². The molecule has 2 rings (SSSR count). The van der Waals surface area contributed by atoms with Crippen LogP contribution in [0.3, 0.4) is 0 Å². The molecule has 1 aromatic rings. The van der Waals surface area contributed by atoms with Gasteiger partial charge in [-0.3, -0.25) is 4.98 Å². The maximum Gasteiger partial charge on any atom is 0.0721 e. The maximum absolute atomic E-state index is 5.94. The molecule has 3 nitrogen and oxygen atoms in total. The van der Waals surface area contributed by atoms with Gasteiger partial charge in [0.05, 0.1) is 12.7 Å². The third-order valence-electron chi connectivity index (χ3n) is 3.40. The second kappa shape index (κ2) is 6.72. The zero-order valence-electron chi connectivity index (χ0n) is 10.6. The summed E-state index contributed by atoms with van der Waals surface area (Å²) in [7, 11) is 0. The zero-order chi connectivity index (χ0) is 11.9. The summed E-state index contributed by atoms with van der Waals surface area (Å²) in [6.07, 6.45) is 8.94. The molecule has 1 aliphatic carbocycles. The van der Waals surface area contributed by atoms with E-state index in [4.69, 9.17) is 4.74 Å². The minimum Gasteiger partial charge on any atom is -0.374 e. The van der Waals surface area contributed by atoms with Crippen molar-refractivity contribution in [1.29, 1.82) is 0 Å². The molecule has 3 heteroatoms. The van der Waals surface area contributed by atoms with Crippen molar-refractivity contribution in [3.63, 3.8) is 0 Å². The van der Waals surface area contributed by atoms with E-state index in [0.717, 1.165) is 13.2 Å². The second-order valence-corrected chi connectivity index (χ2v) is 4.70. The lowest BCUT2D eigenvalue weighted by molar-refractivity contribution is 0.0114. The molecular formula is C14H22N2O. The van der Waals surface area contributed by atoms with Crippen molar-refractivity contribution >= 4 is 0 Å². The van der Waals surface area contributed by atoms with Gasteiger partial charge in [-0.1, -0.05) is 6.92 Å². The molecule has 0 spiro atoms. The lowest BCUT2D eigenvalue weighted by Gasteiger charge is -2.29. The van der Waals surface area contributed by atoms with Crippen LogP contribution in [0.4, 0.5) is 0 Å². The fourth-order valence-electron chi connectivity index (χ4n) is 2.42. The van der Waals surface area contributed by atoms with Crippen molar-refractivity contribution < 1.29 is 4.74 Å². The van der Waals surface area contributed by atoms with Crippen molar-refractivity contribution in [3.05, 3.63) is 30.1 Å². The molecule has 1 aliphatic rings. The molecule has 0 aliphatic heterocycles. The number of hydrogen-bond donors (Lipinski definition) is 1. The largest absolute Gasteiger partial charge is 0.374 e. The number of aromatic nitrogens is 1. The van der Waals surface area contributed by atoms with Gasteiger partial charge in [-0.05, 0) is 49.9 Å². The van der Waals surface area contributed by atoms with Crippen LogP contribution >= 0.6 is 0 Å². The molecule has 0 saturated heterocycles. The summed E-state index contributed by atoms with van der Waals surface area (Å²) in [5.41, 5.74) is 1.22. The van der Waals surface area contributed by atoms with Gasteiger partial charge in [0, 0.05) is 18.4 Å². The van der Waals surface area contributed by atoms with Crippen LogP contribution in [-0.2, 0) is 11.3 Å². The summed E-state index contributed by atoms with van der Waals surface area (Å²) in [6, 6.07) is 4.75. The summed E-state index contributed by atoms with van der Waals surface area (Å²) >= 11 is 0. The Labute approximate surface area is 104 Å². The predicted octanol–water partition coefficient (Wildman–Crippen LogP) is 2.52. The van der Waals surface area contributed by atoms with Gasteiger partial charge >= 0.3 is 0 Å². The van der Waals surface area contributed by atoms with E-state index in [-0.39, 0.29) is 0 Å². The number of nitrogens with zero attached hydrogens (tertiary/aromatic N) is 1. The molecule has 1 N–H and O–H groups in total. The second-order valence-electron chi connectivity index (χ2n) is 4.70. The lowest BCUT2D eigenvalue weighted by atomic mass is 9.93. The van der Waals surface area contributed by atoms with Crippen molar-refractivity contribution in [2.45, 2.75) is 51.4 Å². The predicted molar refractivity (Wildman–Crippen MR) is 68.7 cm³/mol. The van der Waals surface area contributed by atoms with Crippen molar-refractivity contribution in [3.8, 4) is 0 Å². The van der Waals surface area contributed by atoms with Gasteiger partial charge < -0.3 is 10.1 Å². The molecule has 1 aromatic heterocycles. The Morgan fingerprint density at radius 2 is 1.94 bits per heavy atom. The van der Waals surface area contributed by atoms with Crippen LogP contribution in [0.1, 0.15) is 38.2 Å². The van der Waals surface area contributed by atoms with Crippen LogP contribution in [0.15, 0.2) is 24.5 Å². The first-order chi connectivity index (χ1) is 8.38. The molecule has 0 radical (unpaired) electrons. The Balaban J connectivity index is 1.68. The molecule has 1 saturated carbocycles. The van der Waals surface area contributed by atoms with Gasteiger partial charge in [0.1, 0.15) is 0 Å². The summed E-state index contributed by atoms with van der Waals surface area (Å²) in [5, 5.41) is 3.51. The number of pyridine rings is 1. The SMILES string of the molecule is CCNC1CCC(OCc2ccncc2)CC1. The Kier molecular flexibility index (Phi) is 4.95. The van der Waals surface area contributed by atoms with E-state index < -0.39 is 0 Å². The highest BCUT2D eigenvalue weighted by Crippen LogP contribution is 2.22. The zero-order valence-corrected chi connectivity index (χ0v) is 10.6. The maximum atomic E-state index is 5.94. The topological polar surface area (TPSA) is 34.1 Å². The average molecular weight is 234 g/mol. The Bertz CT molecular complexity index is 307. The van der Waals surface area contributed by atoms with Gasteiger partial charge in [0.15, 0.2) is 0 Å². The van der Waals surface area contributed by atoms with E-state index in [9.17, 15) is 0 Å². The summed E-state index contributed by atoms with van der Waals surface area (Å²) in [5.74, 6) is 0. The molecule has 1 heterocycles. The molecule has 0 amide bonds. The first-order valence-corrected chi connectivity index (χ1v) is 6.62.